The van der Waals surface area contributed by atoms with Crippen LogP contribution in [0.15, 0.2) is 42.5 Å². The van der Waals surface area contributed by atoms with Gasteiger partial charge in [-0.2, -0.15) is 0 Å². The maximum Gasteiger partial charge on any atom is 0.120 e. The highest BCUT2D eigenvalue weighted by atomic mass is 16.3. The molecule has 2 N–H and O–H groups in total. The van der Waals surface area contributed by atoms with Gasteiger partial charge in [-0.05, 0) is 38.5 Å². The summed E-state index contributed by atoms with van der Waals surface area (Å²) in [5, 5.41) is 13.3. The second-order valence-electron chi connectivity index (χ2n) is 4.74. The molecule has 0 amide bonds. The summed E-state index contributed by atoms with van der Waals surface area (Å²) in [5.74, 6) is 0.335. The maximum absolute atomic E-state index is 9.83. The molecule has 0 aliphatic heterocycles. The first-order valence-electron chi connectivity index (χ1n) is 6.19. The molecule has 1 atom stereocenters. The molecular weight excluding hydrogens is 222 g/mol. The van der Waals surface area contributed by atoms with Crippen LogP contribution in [0.3, 0.4) is 0 Å². The Kier molecular flexibility index (Phi) is 3.56. The number of anilines is 1. The van der Waals surface area contributed by atoms with E-state index in [4.69, 9.17) is 0 Å². The van der Waals surface area contributed by atoms with Crippen molar-refractivity contribution in [3.05, 3.63) is 59.2 Å². The molecule has 94 valence electrons. The van der Waals surface area contributed by atoms with E-state index in [1.807, 2.05) is 25.1 Å². The highest BCUT2D eigenvalue weighted by Gasteiger charge is 2.10. The average molecular weight is 241 g/mol. The fraction of sp³-hybridized carbons (Fsp3) is 0.250. The Morgan fingerprint density at radius 1 is 1.06 bits per heavy atom. The van der Waals surface area contributed by atoms with Crippen LogP contribution >= 0.6 is 0 Å². The molecule has 0 bridgehead atoms. The minimum Gasteiger partial charge on any atom is -0.508 e. The summed E-state index contributed by atoms with van der Waals surface area (Å²) in [5.41, 5.74) is 4.50. The number of benzene rings is 2. The lowest BCUT2D eigenvalue weighted by Gasteiger charge is -2.18. The standard InChI is InChI=1S/C16H19NO/c1-11-8-9-15(12(2)10-11)17-13(3)14-6-4-5-7-16(14)18/h4-10,13,17-18H,1-3H3. The summed E-state index contributed by atoms with van der Waals surface area (Å²) in [6.07, 6.45) is 0. The molecule has 1 unspecified atom stereocenters. The number of aromatic hydroxyl groups is 1. The van der Waals surface area contributed by atoms with Gasteiger partial charge in [0.25, 0.3) is 0 Å². The Balaban J connectivity index is 2.21. The van der Waals surface area contributed by atoms with Gasteiger partial charge in [0, 0.05) is 11.3 Å². The van der Waals surface area contributed by atoms with E-state index in [1.54, 1.807) is 6.07 Å². The van der Waals surface area contributed by atoms with Gasteiger partial charge in [-0.15, -0.1) is 0 Å². The van der Waals surface area contributed by atoms with E-state index in [0.717, 1.165) is 11.3 Å². The lowest BCUT2D eigenvalue weighted by atomic mass is 10.1. The summed E-state index contributed by atoms with van der Waals surface area (Å²) in [6.45, 7) is 6.23. The summed E-state index contributed by atoms with van der Waals surface area (Å²) >= 11 is 0. The van der Waals surface area contributed by atoms with Crippen molar-refractivity contribution in [2.45, 2.75) is 26.8 Å². The van der Waals surface area contributed by atoms with Crippen LogP contribution in [0.1, 0.15) is 29.7 Å². The van der Waals surface area contributed by atoms with Crippen LogP contribution in [-0.2, 0) is 0 Å². The van der Waals surface area contributed by atoms with Crippen molar-refractivity contribution < 1.29 is 5.11 Å². The third-order valence-electron chi connectivity index (χ3n) is 3.16. The lowest BCUT2D eigenvalue weighted by Crippen LogP contribution is -2.07. The Labute approximate surface area is 108 Å². The molecule has 2 rings (SSSR count). The third kappa shape index (κ3) is 2.65. The van der Waals surface area contributed by atoms with Gasteiger partial charge in [-0.1, -0.05) is 35.9 Å². The second kappa shape index (κ2) is 5.13. The first-order chi connectivity index (χ1) is 8.58. The number of hydrogen-bond donors (Lipinski definition) is 2. The zero-order chi connectivity index (χ0) is 13.1. The first-order valence-corrected chi connectivity index (χ1v) is 6.19. The molecule has 18 heavy (non-hydrogen) atoms. The zero-order valence-electron chi connectivity index (χ0n) is 11.1. The number of para-hydroxylation sites is 1. The van der Waals surface area contributed by atoms with Crippen LogP contribution in [-0.4, -0.2) is 5.11 Å². The van der Waals surface area contributed by atoms with Crippen LogP contribution in [0.2, 0.25) is 0 Å². The van der Waals surface area contributed by atoms with E-state index in [0.29, 0.717) is 5.75 Å². The first kappa shape index (κ1) is 12.5. The molecule has 2 heteroatoms. The number of nitrogens with one attached hydrogen (secondary N) is 1. The number of phenolic OH excluding ortho intramolecular Hbond substituents is 1. The molecular formula is C16H19NO. The Morgan fingerprint density at radius 2 is 1.78 bits per heavy atom. The summed E-state index contributed by atoms with van der Waals surface area (Å²) in [6, 6.07) is 13.8. The van der Waals surface area contributed by atoms with Gasteiger partial charge < -0.3 is 10.4 Å². The molecule has 2 aromatic carbocycles. The largest absolute Gasteiger partial charge is 0.508 e. The van der Waals surface area contributed by atoms with E-state index in [1.165, 1.54) is 11.1 Å². The highest BCUT2D eigenvalue weighted by molar-refractivity contribution is 5.54. The fourth-order valence-corrected chi connectivity index (χ4v) is 2.14. The number of aryl methyl sites for hydroxylation is 2. The van der Waals surface area contributed by atoms with Crippen LogP contribution in [0, 0.1) is 13.8 Å². The minimum atomic E-state index is 0.0765. The smallest absolute Gasteiger partial charge is 0.120 e. The average Bonchev–Trinajstić information content (AvgIpc) is 2.33. The topological polar surface area (TPSA) is 32.3 Å². The van der Waals surface area contributed by atoms with Crippen LogP contribution in [0.4, 0.5) is 5.69 Å². The van der Waals surface area contributed by atoms with Crippen LogP contribution < -0.4 is 5.32 Å². The molecule has 0 radical (unpaired) electrons. The maximum atomic E-state index is 9.83. The molecule has 0 saturated heterocycles. The minimum absolute atomic E-state index is 0.0765. The molecule has 0 aliphatic rings. The normalized spacial score (nSPS) is 12.2. The summed E-state index contributed by atoms with van der Waals surface area (Å²) in [7, 11) is 0. The Hall–Kier alpha value is -1.96. The van der Waals surface area contributed by atoms with Crippen molar-refractivity contribution in [2.75, 3.05) is 5.32 Å². The van der Waals surface area contributed by atoms with Crippen molar-refractivity contribution in [1.82, 2.24) is 0 Å². The predicted molar refractivity (Wildman–Crippen MR) is 76.1 cm³/mol. The molecule has 2 nitrogen and oxygen atoms in total. The quantitative estimate of drug-likeness (QED) is 0.844. The van der Waals surface area contributed by atoms with Crippen molar-refractivity contribution in [3.8, 4) is 5.75 Å². The highest BCUT2D eigenvalue weighted by Crippen LogP contribution is 2.27. The fourth-order valence-electron chi connectivity index (χ4n) is 2.14. The summed E-state index contributed by atoms with van der Waals surface area (Å²) in [4.78, 5) is 0. The van der Waals surface area contributed by atoms with E-state index < -0.39 is 0 Å². The van der Waals surface area contributed by atoms with E-state index in [2.05, 4.69) is 37.4 Å². The van der Waals surface area contributed by atoms with Gasteiger partial charge >= 0.3 is 0 Å². The lowest BCUT2D eigenvalue weighted by molar-refractivity contribution is 0.465. The van der Waals surface area contributed by atoms with E-state index in [9.17, 15) is 5.11 Å². The number of hydrogen-bond acceptors (Lipinski definition) is 2. The van der Waals surface area contributed by atoms with Crippen molar-refractivity contribution in [3.63, 3.8) is 0 Å². The Morgan fingerprint density at radius 3 is 2.44 bits per heavy atom. The van der Waals surface area contributed by atoms with Crippen LogP contribution in [0.25, 0.3) is 0 Å². The van der Waals surface area contributed by atoms with Gasteiger partial charge in [0.2, 0.25) is 0 Å². The zero-order valence-corrected chi connectivity index (χ0v) is 11.1. The van der Waals surface area contributed by atoms with Gasteiger partial charge in [0.05, 0.1) is 6.04 Å². The van der Waals surface area contributed by atoms with Gasteiger partial charge in [-0.25, -0.2) is 0 Å². The van der Waals surface area contributed by atoms with Gasteiger partial charge in [-0.3, -0.25) is 0 Å². The SMILES string of the molecule is Cc1ccc(NC(C)c2ccccc2O)c(C)c1. The Bertz CT molecular complexity index is 549. The predicted octanol–water partition coefficient (Wildman–Crippen LogP) is 4.18. The molecule has 0 aromatic heterocycles. The van der Waals surface area contributed by atoms with Gasteiger partial charge in [0.1, 0.15) is 5.75 Å². The van der Waals surface area contributed by atoms with Crippen molar-refractivity contribution in [1.29, 1.82) is 0 Å². The third-order valence-corrected chi connectivity index (χ3v) is 3.16. The molecule has 0 heterocycles. The molecule has 0 saturated carbocycles. The monoisotopic (exact) mass is 241 g/mol. The molecule has 0 fully saturated rings. The molecule has 0 aliphatic carbocycles. The summed E-state index contributed by atoms with van der Waals surface area (Å²) < 4.78 is 0. The van der Waals surface area contributed by atoms with Crippen LogP contribution in [0.5, 0.6) is 5.75 Å². The van der Waals surface area contributed by atoms with Gasteiger partial charge in [0.15, 0.2) is 0 Å². The van der Waals surface area contributed by atoms with E-state index >= 15 is 0 Å². The molecule has 0 spiro atoms. The van der Waals surface area contributed by atoms with E-state index in [-0.39, 0.29) is 6.04 Å². The van der Waals surface area contributed by atoms with Crippen molar-refractivity contribution in [2.24, 2.45) is 0 Å². The molecule has 2 aromatic rings. The van der Waals surface area contributed by atoms with Crippen molar-refractivity contribution >= 4 is 5.69 Å². The number of rotatable bonds is 3. The number of phenols is 1. The second-order valence-corrected chi connectivity index (χ2v) is 4.74.